The number of ketones is 1. The number of halogens is 2. The average Bonchev–Trinajstić information content (AvgIpc) is 2.96. The molecule has 42 heavy (non-hydrogen) atoms. The van der Waals surface area contributed by atoms with Gasteiger partial charge in [0.15, 0.2) is 22.6 Å². The molecule has 0 aliphatic carbocycles. The minimum Gasteiger partial charge on any atom is -1.00 e. The number of hydrogen-bond acceptors (Lipinski definition) is 7. The lowest BCUT2D eigenvalue weighted by Gasteiger charge is -2.45. The summed E-state index contributed by atoms with van der Waals surface area (Å²) in [6, 6.07) is 15.8. The molecule has 11 heteroatoms. The molecule has 1 fully saturated rings. The number of benzene rings is 2. The number of carbonyl (C=O) groups is 2. The maximum Gasteiger partial charge on any atom is 0.248 e. The fraction of sp³-hybridized carbons (Fsp3) is 0.419. The molecule has 1 aliphatic heterocycles. The van der Waals surface area contributed by atoms with Crippen LogP contribution in [0.25, 0.3) is 0 Å². The van der Waals surface area contributed by atoms with Gasteiger partial charge < -0.3 is 38.8 Å². The van der Waals surface area contributed by atoms with Gasteiger partial charge in [0.2, 0.25) is 5.91 Å². The molecule has 6 N–H and O–H groups in total. The van der Waals surface area contributed by atoms with Crippen molar-refractivity contribution >= 4 is 34.9 Å². The summed E-state index contributed by atoms with van der Waals surface area (Å²) in [5.41, 5.74) is 20.1. The number of nitrogens with zero attached hydrogens (tertiary/aromatic N) is 3. The second-order valence-electron chi connectivity index (χ2n) is 11.1. The van der Waals surface area contributed by atoms with E-state index in [9.17, 15) is 9.59 Å². The Hall–Kier alpha value is -3.40. The van der Waals surface area contributed by atoms with Gasteiger partial charge in [-0.25, -0.2) is 9.97 Å². The van der Waals surface area contributed by atoms with Gasteiger partial charge in [0, 0.05) is 30.7 Å². The number of nitrogens with two attached hydrogens (primary N) is 3. The summed E-state index contributed by atoms with van der Waals surface area (Å²) in [5.74, 6) is 0.558. The molecule has 3 aromatic rings. The number of quaternary nitrogens is 1. The zero-order valence-electron chi connectivity index (χ0n) is 24.0. The first kappa shape index (κ1) is 33.1. The maximum atomic E-state index is 13.2. The summed E-state index contributed by atoms with van der Waals surface area (Å²) < 4.78 is 6.27. The van der Waals surface area contributed by atoms with Crippen molar-refractivity contribution < 1.29 is 31.2 Å². The van der Waals surface area contributed by atoms with Crippen molar-refractivity contribution in [1.82, 2.24) is 9.97 Å². The van der Waals surface area contributed by atoms with E-state index in [-0.39, 0.29) is 46.6 Å². The van der Waals surface area contributed by atoms with Gasteiger partial charge in [0.1, 0.15) is 11.4 Å². The van der Waals surface area contributed by atoms with Gasteiger partial charge in [-0.3, -0.25) is 9.59 Å². The summed E-state index contributed by atoms with van der Waals surface area (Å²) in [7, 11) is 1.68. The molecule has 9 nitrogen and oxygen atoms in total. The summed E-state index contributed by atoms with van der Waals surface area (Å²) in [5, 5.41) is -0.00119. The number of hydrogen-bond donors (Lipinski definition) is 3. The lowest BCUT2D eigenvalue weighted by molar-refractivity contribution is -0.936. The van der Waals surface area contributed by atoms with E-state index in [1.165, 1.54) is 11.1 Å². The van der Waals surface area contributed by atoms with Crippen molar-refractivity contribution in [3.8, 4) is 5.75 Å². The van der Waals surface area contributed by atoms with Crippen LogP contribution >= 0.6 is 11.6 Å². The monoisotopic (exact) mass is 614 g/mol. The van der Waals surface area contributed by atoms with Gasteiger partial charge in [-0.1, -0.05) is 35.9 Å². The number of methoxy groups -OCH3 is 1. The second kappa shape index (κ2) is 15.2. The largest absolute Gasteiger partial charge is 1.00 e. The Morgan fingerprint density at radius 3 is 2.12 bits per heavy atom. The normalized spacial score (nSPS) is 18.2. The van der Waals surface area contributed by atoms with Crippen molar-refractivity contribution in [2.24, 2.45) is 11.7 Å². The van der Waals surface area contributed by atoms with Crippen molar-refractivity contribution in [2.75, 3.05) is 44.8 Å². The molecule has 2 atom stereocenters. The molecule has 0 bridgehead atoms. The van der Waals surface area contributed by atoms with Crippen molar-refractivity contribution in [3.63, 3.8) is 0 Å². The van der Waals surface area contributed by atoms with Crippen molar-refractivity contribution in [2.45, 2.75) is 44.9 Å². The highest BCUT2D eigenvalue weighted by Gasteiger charge is 2.36. The number of nitrogen functional groups attached to an aromatic ring is 2. The molecule has 1 saturated heterocycles. The van der Waals surface area contributed by atoms with Gasteiger partial charge in [-0.2, -0.15) is 0 Å². The molecular formula is C31H40Cl2N6O3. The Kier molecular flexibility index (Phi) is 12.0. The molecule has 0 saturated carbocycles. The van der Waals surface area contributed by atoms with Crippen molar-refractivity contribution in [3.05, 3.63) is 76.1 Å². The second-order valence-corrected chi connectivity index (χ2v) is 11.4. The predicted octanol–water partition coefficient (Wildman–Crippen LogP) is 1.47. The smallest absolute Gasteiger partial charge is 0.248 e. The fourth-order valence-corrected chi connectivity index (χ4v) is 6.13. The van der Waals surface area contributed by atoms with E-state index < -0.39 is 5.91 Å². The number of ether oxygens (including phenoxy) is 1. The predicted molar refractivity (Wildman–Crippen MR) is 162 cm³/mol. The minimum absolute atomic E-state index is 0. The van der Waals surface area contributed by atoms with Gasteiger partial charge in [-0.15, -0.1) is 0 Å². The van der Waals surface area contributed by atoms with E-state index in [0.717, 1.165) is 74.9 Å². The number of primary amides is 1. The number of likely N-dealkylation sites (tertiary alicyclic amines) is 1. The molecule has 4 rings (SSSR count). The standard InChI is InChI=1S/C31H39ClN6O3.ClH/c1-41-25-14-10-22(11-15-25)6-3-17-38(16-2-5-21-8-12-24(13-9-21)31(35)40)18-4-7-23(20-38)19-26(39)27-29(33)37-30(34)28(32)36-27;/h8-15,23H,2-7,16-20H2,1H3,(H5-,33,34,35,37,39,40);1H. The van der Waals surface area contributed by atoms with Crippen molar-refractivity contribution in [1.29, 1.82) is 0 Å². The third kappa shape index (κ3) is 8.80. The summed E-state index contributed by atoms with van der Waals surface area (Å²) >= 11 is 6.04. The molecule has 2 unspecified atom stereocenters. The Balaban J connectivity index is 0.00000484. The number of carbonyl (C=O) groups excluding carboxylic acids is 2. The fourth-order valence-electron chi connectivity index (χ4n) is 6.00. The number of aryl methyl sites for hydroxylation is 2. The molecule has 2 heterocycles. The van der Waals surface area contributed by atoms with Gasteiger partial charge in [0.05, 0.1) is 33.3 Å². The Labute approximate surface area is 258 Å². The SMILES string of the molecule is COc1ccc(CCC[N+]2(CCCc3ccc(C(N)=O)cc3)CCCC(CC(=O)c3nc(Cl)c(N)nc3N)C2)cc1.[Cl-]. The first-order valence-corrected chi connectivity index (χ1v) is 14.5. The van der Waals surface area contributed by atoms with Gasteiger partial charge in [-0.05, 0) is 61.1 Å². The van der Waals surface area contributed by atoms with Crippen LogP contribution in [0.5, 0.6) is 5.75 Å². The molecule has 2 aromatic carbocycles. The molecule has 0 radical (unpaired) electrons. The van der Waals surface area contributed by atoms with Crippen LogP contribution in [-0.2, 0) is 12.8 Å². The number of anilines is 2. The summed E-state index contributed by atoms with van der Waals surface area (Å²) in [6.45, 7) is 4.06. The van der Waals surface area contributed by atoms with E-state index in [1.54, 1.807) is 19.2 Å². The maximum absolute atomic E-state index is 13.2. The zero-order chi connectivity index (χ0) is 29.4. The highest BCUT2D eigenvalue weighted by atomic mass is 35.5. The van der Waals surface area contributed by atoms with Gasteiger partial charge in [0.25, 0.3) is 0 Å². The van der Waals surface area contributed by atoms with E-state index >= 15 is 0 Å². The number of rotatable bonds is 13. The Morgan fingerprint density at radius 2 is 1.55 bits per heavy atom. The lowest BCUT2D eigenvalue weighted by Crippen LogP contribution is -3.00. The Bertz CT molecular complexity index is 1350. The highest BCUT2D eigenvalue weighted by Crippen LogP contribution is 2.30. The zero-order valence-corrected chi connectivity index (χ0v) is 25.5. The van der Waals surface area contributed by atoms with Crippen LogP contribution < -0.4 is 34.3 Å². The van der Waals surface area contributed by atoms with E-state index in [2.05, 4.69) is 22.1 Å². The summed E-state index contributed by atoms with van der Waals surface area (Å²) in [6.07, 6.45) is 6.34. The molecule has 1 aliphatic rings. The van der Waals surface area contributed by atoms with Gasteiger partial charge >= 0.3 is 0 Å². The van der Waals surface area contributed by atoms with E-state index in [1.807, 2.05) is 24.3 Å². The first-order valence-electron chi connectivity index (χ1n) is 14.2. The molecule has 226 valence electrons. The van der Waals surface area contributed by atoms with Crippen LogP contribution in [0.1, 0.15) is 64.1 Å². The van der Waals surface area contributed by atoms with Crippen LogP contribution in [0.4, 0.5) is 11.6 Å². The third-order valence-electron chi connectivity index (χ3n) is 8.13. The Morgan fingerprint density at radius 1 is 0.952 bits per heavy atom. The number of Topliss-reactive ketones (excluding diaryl/α,β-unsaturated/α-hetero) is 1. The van der Waals surface area contributed by atoms with E-state index in [4.69, 9.17) is 33.5 Å². The van der Waals surface area contributed by atoms with Crippen LogP contribution in [0.15, 0.2) is 48.5 Å². The molecule has 1 aromatic heterocycles. The van der Waals surface area contributed by atoms with E-state index in [0.29, 0.717) is 12.0 Å². The average molecular weight is 616 g/mol. The van der Waals surface area contributed by atoms with Crippen LogP contribution in [-0.4, -0.2) is 59.4 Å². The summed E-state index contributed by atoms with van der Waals surface area (Å²) in [4.78, 5) is 32.7. The quantitative estimate of drug-likeness (QED) is 0.195. The third-order valence-corrected chi connectivity index (χ3v) is 8.40. The minimum atomic E-state index is -0.416. The number of amides is 1. The van der Waals surface area contributed by atoms with Crippen LogP contribution in [0, 0.1) is 5.92 Å². The number of piperidine rings is 1. The molecule has 0 spiro atoms. The first-order chi connectivity index (χ1) is 19.7. The van der Waals surface area contributed by atoms with Crippen LogP contribution in [0.2, 0.25) is 5.15 Å². The topological polar surface area (TPSA) is 147 Å². The highest BCUT2D eigenvalue weighted by molar-refractivity contribution is 6.31. The lowest BCUT2D eigenvalue weighted by atomic mass is 9.89. The molecular weight excluding hydrogens is 575 g/mol. The number of aromatic nitrogens is 2. The van der Waals surface area contributed by atoms with Crippen LogP contribution in [0.3, 0.4) is 0 Å². The molecule has 1 amide bonds.